The van der Waals surface area contributed by atoms with Gasteiger partial charge in [-0.3, -0.25) is 9.79 Å². The number of carbonyl (C=O) groups is 1. The number of nitrogens with zero attached hydrogens (tertiary/aromatic N) is 1. The Morgan fingerprint density at radius 3 is 2.94 bits per heavy atom. The molecule has 1 heterocycles. The van der Waals surface area contributed by atoms with Gasteiger partial charge in [-0.15, -0.1) is 0 Å². The maximum atomic E-state index is 11.4. The van der Waals surface area contributed by atoms with Crippen molar-refractivity contribution in [1.29, 1.82) is 0 Å². The Kier molecular flexibility index (Phi) is 2.84. The number of aliphatic imine (C=N–C) groups is 1. The molecule has 1 aliphatic heterocycles. The molecule has 3 rings (SSSR count). The highest BCUT2D eigenvalue weighted by atomic mass is 16.5. The zero-order chi connectivity index (χ0) is 12.7. The van der Waals surface area contributed by atoms with E-state index in [0.717, 1.165) is 24.5 Å². The molecule has 0 aromatic carbocycles. The summed E-state index contributed by atoms with van der Waals surface area (Å²) in [5.41, 5.74) is 0.846. The molecule has 0 bridgehead atoms. The van der Waals surface area contributed by atoms with Crippen LogP contribution in [0, 0.1) is 11.8 Å². The number of ether oxygens (including phenoxy) is 1. The first-order valence-electron chi connectivity index (χ1n) is 6.82. The molecule has 1 saturated carbocycles. The van der Waals surface area contributed by atoms with Gasteiger partial charge < -0.3 is 4.74 Å². The fourth-order valence-electron chi connectivity index (χ4n) is 3.06. The Bertz CT molecular complexity index is 459. The van der Waals surface area contributed by atoms with Crippen molar-refractivity contribution in [1.82, 2.24) is 0 Å². The fourth-order valence-corrected chi connectivity index (χ4v) is 3.06. The standard InChI is InChI=1S/C15H19NO2/c1-9(2)10-3-5-12-14(7-10)18-15-8-11(17)4-6-13(15)16-12/h4,6,8-10,12,14H,3,5,7H2,1-2H3. The lowest BCUT2D eigenvalue weighted by Crippen LogP contribution is -2.41. The Labute approximate surface area is 108 Å². The van der Waals surface area contributed by atoms with E-state index in [1.165, 1.54) is 6.42 Å². The van der Waals surface area contributed by atoms with Crippen LogP contribution in [0.15, 0.2) is 29.0 Å². The van der Waals surface area contributed by atoms with Crippen molar-refractivity contribution in [3.63, 3.8) is 0 Å². The summed E-state index contributed by atoms with van der Waals surface area (Å²) in [5.74, 6) is 2.09. The van der Waals surface area contributed by atoms with Gasteiger partial charge in [-0.2, -0.15) is 0 Å². The average Bonchev–Trinajstić information content (AvgIpc) is 2.35. The molecular formula is C15H19NO2. The SMILES string of the molecule is CC(C)C1CCC2N=C3C=CC(=O)C=C3OC2C1. The lowest BCUT2D eigenvalue weighted by atomic mass is 9.77. The molecule has 0 amide bonds. The van der Waals surface area contributed by atoms with E-state index >= 15 is 0 Å². The van der Waals surface area contributed by atoms with Crippen LogP contribution in [0.25, 0.3) is 0 Å². The van der Waals surface area contributed by atoms with E-state index in [1.54, 1.807) is 18.2 Å². The first-order chi connectivity index (χ1) is 8.63. The maximum absolute atomic E-state index is 11.4. The van der Waals surface area contributed by atoms with Gasteiger partial charge in [0, 0.05) is 6.08 Å². The summed E-state index contributed by atoms with van der Waals surface area (Å²) in [7, 11) is 0. The smallest absolute Gasteiger partial charge is 0.182 e. The first kappa shape index (κ1) is 11.7. The molecule has 3 unspecified atom stereocenters. The van der Waals surface area contributed by atoms with E-state index in [2.05, 4.69) is 13.8 Å². The van der Waals surface area contributed by atoms with Crippen LogP contribution in [-0.2, 0) is 9.53 Å². The summed E-state index contributed by atoms with van der Waals surface area (Å²) < 4.78 is 6.00. The molecule has 0 saturated heterocycles. The Hall–Kier alpha value is -1.38. The Morgan fingerprint density at radius 2 is 2.17 bits per heavy atom. The molecule has 1 fully saturated rings. The van der Waals surface area contributed by atoms with Crippen LogP contribution in [0.2, 0.25) is 0 Å². The van der Waals surface area contributed by atoms with Crippen molar-refractivity contribution in [3.05, 3.63) is 24.0 Å². The van der Waals surface area contributed by atoms with Crippen LogP contribution in [0.1, 0.15) is 33.1 Å². The molecule has 3 aliphatic rings. The second-order valence-corrected chi connectivity index (χ2v) is 5.80. The molecule has 18 heavy (non-hydrogen) atoms. The second kappa shape index (κ2) is 4.38. The predicted molar refractivity (Wildman–Crippen MR) is 70.5 cm³/mol. The highest BCUT2D eigenvalue weighted by molar-refractivity contribution is 6.18. The third kappa shape index (κ3) is 2.02. The number of rotatable bonds is 1. The first-order valence-corrected chi connectivity index (χ1v) is 6.82. The second-order valence-electron chi connectivity index (χ2n) is 5.80. The Balaban J connectivity index is 1.82. The van der Waals surface area contributed by atoms with Gasteiger partial charge in [-0.1, -0.05) is 13.8 Å². The molecule has 0 aromatic heterocycles. The van der Waals surface area contributed by atoms with Gasteiger partial charge in [0.05, 0.1) is 6.04 Å². The van der Waals surface area contributed by atoms with E-state index in [9.17, 15) is 4.79 Å². The summed E-state index contributed by atoms with van der Waals surface area (Å²) in [6.45, 7) is 4.54. The quantitative estimate of drug-likeness (QED) is 0.666. The fraction of sp³-hybridized carbons (Fsp3) is 0.600. The van der Waals surface area contributed by atoms with Crippen LogP contribution in [-0.4, -0.2) is 23.6 Å². The minimum atomic E-state index is -0.00128. The van der Waals surface area contributed by atoms with Crippen LogP contribution in [0.3, 0.4) is 0 Å². The minimum Gasteiger partial charge on any atom is -0.486 e. The number of hydrogen-bond acceptors (Lipinski definition) is 3. The lowest BCUT2D eigenvalue weighted by Gasteiger charge is -2.39. The van der Waals surface area contributed by atoms with E-state index in [0.29, 0.717) is 11.7 Å². The van der Waals surface area contributed by atoms with E-state index < -0.39 is 0 Å². The zero-order valence-corrected chi connectivity index (χ0v) is 10.9. The number of hydrogen-bond donors (Lipinski definition) is 0. The lowest BCUT2D eigenvalue weighted by molar-refractivity contribution is -0.110. The van der Waals surface area contributed by atoms with Gasteiger partial charge >= 0.3 is 0 Å². The highest BCUT2D eigenvalue weighted by Gasteiger charge is 2.37. The van der Waals surface area contributed by atoms with Crippen LogP contribution in [0.4, 0.5) is 0 Å². The normalized spacial score (nSPS) is 34.4. The van der Waals surface area contributed by atoms with Gasteiger partial charge in [-0.25, -0.2) is 0 Å². The van der Waals surface area contributed by atoms with Gasteiger partial charge in [-0.05, 0) is 43.3 Å². The molecule has 3 heteroatoms. The zero-order valence-electron chi connectivity index (χ0n) is 10.9. The van der Waals surface area contributed by atoms with E-state index in [1.807, 2.05) is 0 Å². The van der Waals surface area contributed by atoms with Crippen molar-refractivity contribution in [2.45, 2.75) is 45.3 Å². The molecule has 3 nitrogen and oxygen atoms in total. The summed E-state index contributed by atoms with van der Waals surface area (Å²) in [6.07, 6.45) is 8.48. The molecule has 0 aromatic rings. The molecular weight excluding hydrogens is 226 g/mol. The highest BCUT2D eigenvalue weighted by Crippen LogP contribution is 2.37. The van der Waals surface area contributed by atoms with E-state index in [4.69, 9.17) is 9.73 Å². The summed E-state index contributed by atoms with van der Waals surface area (Å²) in [4.78, 5) is 16.1. The van der Waals surface area contributed by atoms with Crippen LogP contribution < -0.4 is 0 Å². The van der Waals surface area contributed by atoms with Gasteiger partial charge in [0.15, 0.2) is 5.78 Å². The minimum absolute atomic E-state index is 0.00128. The number of allylic oxidation sites excluding steroid dienone is 3. The van der Waals surface area contributed by atoms with Crippen molar-refractivity contribution >= 4 is 11.5 Å². The van der Waals surface area contributed by atoms with Crippen LogP contribution >= 0.6 is 0 Å². The van der Waals surface area contributed by atoms with Gasteiger partial charge in [0.25, 0.3) is 0 Å². The monoisotopic (exact) mass is 245 g/mol. The van der Waals surface area contributed by atoms with Crippen molar-refractivity contribution in [2.75, 3.05) is 0 Å². The van der Waals surface area contributed by atoms with Gasteiger partial charge in [0.1, 0.15) is 17.6 Å². The summed E-state index contributed by atoms with van der Waals surface area (Å²) >= 11 is 0. The van der Waals surface area contributed by atoms with Gasteiger partial charge in [0.2, 0.25) is 0 Å². The predicted octanol–water partition coefficient (Wildman–Crippen LogP) is 2.67. The number of fused-ring (bicyclic) bond motifs is 2. The largest absolute Gasteiger partial charge is 0.486 e. The third-order valence-electron chi connectivity index (χ3n) is 4.25. The molecule has 0 spiro atoms. The molecule has 0 radical (unpaired) electrons. The average molecular weight is 245 g/mol. The number of carbonyl (C=O) groups excluding carboxylic acids is 1. The third-order valence-corrected chi connectivity index (χ3v) is 4.25. The molecule has 3 atom stereocenters. The summed E-state index contributed by atoms with van der Waals surface area (Å²) in [6, 6.07) is 0.282. The Morgan fingerprint density at radius 1 is 1.33 bits per heavy atom. The molecule has 96 valence electrons. The van der Waals surface area contributed by atoms with Crippen molar-refractivity contribution < 1.29 is 9.53 Å². The summed E-state index contributed by atoms with van der Waals surface area (Å²) in [5, 5.41) is 0. The molecule has 2 aliphatic carbocycles. The number of ketones is 1. The van der Waals surface area contributed by atoms with E-state index in [-0.39, 0.29) is 17.9 Å². The van der Waals surface area contributed by atoms with Crippen molar-refractivity contribution in [3.8, 4) is 0 Å². The topological polar surface area (TPSA) is 38.7 Å². The van der Waals surface area contributed by atoms with Crippen molar-refractivity contribution in [2.24, 2.45) is 16.8 Å². The molecule has 0 N–H and O–H groups in total. The van der Waals surface area contributed by atoms with Crippen LogP contribution in [0.5, 0.6) is 0 Å². The maximum Gasteiger partial charge on any atom is 0.182 e.